The fraction of sp³-hybridized carbons (Fsp3) is 0.444. The average molecular weight is 313 g/mol. The third-order valence-electron chi connectivity index (χ3n) is 4.35. The van der Waals surface area contributed by atoms with E-state index in [1.165, 1.54) is 25.7 Å². The van der Waals surface area contributed by atoms with Crippen LogP contribution in [0.5, 0.6) is 0 Å². The molecule has 1 N–H and O–H groups in total. The van der Waals surface area contributed by atoms with Crippen LogP contribution in [0, 0.1) is 0 Å². The van der Waals surface area contributed by atoms with Crippen LogP contribution in [0.4, 0.5) is 0 Å². The Labute approximate surface area is 136 Å². The molecule has 3 rings (SSSR count). The highest BCUT2D eigenvalue weighted by Crippen LogP contribution is 2.24. The smallest absolute Gasteiger partial charge is 0.251 e. The number of nitrogens with one attached hydrogen (secondary N) is 1. The molecule has 0 aromatic carbocycles. The van der Waals surface area contributed by atoms with Gasteiger partial charge in [-0.2, -0.15) is 0 Å². The van der Waals surface area contributed by atoms with Crippen LogP contribution in [-0.2, 0) is 0 Å². The molecule has 3 heterocycles. The van der Waals surface area contributed by atoms with Crippen LogP contribution < -0.4 is 5.32 Å². The van der Waals surface area contributed by atoms with E-state index in [9.17, 15) is 4.79 Å². The number of aromatic nitrogens is 1. The molecule has 2 aromatic rings. The fourth-order valence-electron chi connectivity index (χ4n) is 3.09. The maximum atomic E-state index is 12.3. The summed E-state index contributed by atoms with van der Waals surface area (Å²) in [6.07, 6.45) is 9.94. The number of rotatable bonds is 5. The second-order valence-electron chi connectivity index (χ2n) is 5.93. The van der Waals surface area contributed by atoms with Crippen molar-refractivity contribution in [1.82, 2.24) is 15.2 Å². The monoisotopic (exact) mass is 313 g/mol. The molecule has 2 aromatic heterocycles. The summed E-state index contributed by atoms with van der Waals surface area (Å²) < 4.78 is 5.62. The highest BCUT2D eigenvalue weighted by molar-refractivity contribution is 5.93. The number of hydrogen-bond acceptors (Lipinski definition) is 4. The third-order valence-corrected chi connectivity index (χ3v) is 4.35. The van der Waals surface area contributed by atoms with Crippen molar-refractivity contribution < 1.29 is 9.21 Å². The lowest BCUT2D eigenvalue weighted by Gasteiger charge is -2.29. The second-order valence-corrected chi connectivity index (χ2v) is 5.93. The summed E-state index contributed by atoms with van der Waals surface area (Å²) in [6, 6.07) is 7.44. The Morgan fingerprint density at radius 3 is 2.57 bits per heavy atom. The minimum absolute atomic E-state index is 0.0706. The van der Waals surface area contributed by atoms with Gasteiger partial charge in [0.05, 0.1) is 12.3 Å². The molecule has 5 heteroatoms. The normalized spacial score (nSPS) is 17.4. The molecule has 1 unspecified atom stereocenters. The van der Waals surface area contributed by atoms with Gasteiger partial charge in [-0.1, -0.05) is 12.8 Å². The summed E-state index contributed by atoms with van der Waals surface area (Å²) >= 11 is 0. The number of amides is 1. The van der Waals surface area contributed by atoms with Crippen molar-refractivity contribution >= 4 is 5.91 Å². The molecule has 1 amide bonds. The first kappa shape index (κ1) is 15.7. The molecular weight excluding hydrogens is 290 g/mol. The van der Waals surface area contributed by atoms with Gasteiger partial charge in [-0.3, -0.25) is 14.7 Å². The van der Waals surface area contributed by atoms with E-state index >= 15 is 0 Å². The zero-order valence-electron chi connectivity index (χ0n) is 13.3. The lowest BCUT2D eigenvalue weighted by atomic mass is 10.1. The van der Waals surface area contributed by atoms with Crippen LogP contribution in [0.15, 0.2) is 47.3 Å². The molecule has 1 aliphatic rings. The minimum atomic E-state index is -0.0706. The van der Waals surface area contributed by atoms with Crippen LogP contribution in [0.2, 0.25) is 0 Å². The first-order valence-electron chi connectivity index (χ1n) is 8.30. The Morgan fingerprint density at radius 1 is 1.17 bits per heavy atom. The zero-order chi connectivity index (χ0) is 15.9. The number of furan rings is 1. The summed E-state index contributed by atoms with van der Waals surface area (Å²) in [4.78, 5) is 18.7. The SMILES string of the molecule is O=C(NCC(c1ccco1)N1CCCCCC1)c1ccncc1. The van der Waals surface area contributed by atoms with Crippen molar-refractivity contribution in [3.05, 3.63) is 54.2 Å². The second kappa shape index (κ2) is 7.92. The van der Waals surface area contributed by atoms with Crippen LogP contribution >= 0.6 is 0 Å². The van der Waals surface area contributed by atoms with E-state index in [1.807, 2.05) is 12.1 Å². The van der Waals surface area contributed by atoms with Crippen LogP contribution in [-0.4, -0.2) is 35.4 Å². The third kappa shape index (κ3) is 4.20. The summed E-state index contributed by atoms with van der Waals surface area (Å²) in [7, 11) is 0. The van der Waals surface area contributed by atoms with E-state index < -0.39 is 0 Å². The quantitative estimate of drug-likeness (QED) is 0.922. The topological polar surface area (TPSA) is 58.4 Å². The number of nitrogens with zero attached hydrogens (tertiary/aromatic N) is 2. The Morgan fingerprint density at radius 2 is 1.91 bits per heavy atom. The van der Waals surface area contributed by atoms with Gasteiger partial charge in [-0.25, -0.2) is 0 Å². The molecule has 1 saturated heterocycles. The van der Waals surface area contributed by atoms with E-state index in [0.717, 1.165) is 18.8 Å². The molecule has 0 spiro atoms. The zero-order valence-corrected chi connectivity index (χ0v) is 13.3. The maximum absolute atomic E-state index is 12.3. The highest BCUT2D eigenvalue weighted by Gasteiger charge is 2.24. The summed E-state index contributed by atoms with van der Waals surface area (Å²) in [5.74, 6) is 0.848. The van der Waals surface area contributed by atoms with E-state index in [4.69, 9.17) is 4.42 Å². The predicted octanol–water partition coefficient (Wildman–Crippen LogP) is 3.02. The summed E-state index contributed by atoms with van der Waals surface area (Å²) in [6.45, 7) is 2.65. The molecule has 1 aliphatic heterocycles. The Bertz CT molecular complexity index is 590. The van der Waals surface area contributed by atoms with Crippen molar-refractivity contribution in [2.24, 2.45) is 0 Å². The van der Waals surface area contributed by atoms with Gasteiger partial charge in [0.2, 0.25) is 0 Å². The van der Waals surface area contributed by atoms with E-state index in [1.54, 1.807) is 30.8 Å². The molecule has 0 radical (unpaired) electrons. The van der Waals surface area contributed by atoms with Crippen molar-refractivity contribution in [3.8, 4) is 0 Å². The molecule has 23 heavy (non-hydrogen) atoms. The molecular formula is C18H23N3O2. The molecule has 5 nitrogen and oxygen atoms in total. The van der Waals surface area contributed by atoms with Gasteiger partial charge in [0.25, 0.3) is 5.91 Å². The lowest BCUT2D eigenvalue weighted by molar-refractivity contribution is 0.0927. The van der Waals surface area contributed by atoms with Crippen molar-refractivity contribution in [3.63, 3.8) is 0 Å². The molecule has 0 bridgehead atoms. The van der Waals surface area contributed by atoms with Gasteiger partial charge < -0.3 is 9.73 Å². The van der Waals surface area contributed by atoms with Gasteiger partial charge in [0.15, 0.2) is 0 Å². The average Bonchev–Trinajstić information content (AvgIpc) is 2.99. The first-order chi connectivity index (χ1) is 11.3. The van der Waals surface area contributed by atoms with Crippen molar-refractivity contribution in [1.29, 1.82) is 0 Å². The Kier molecular flexibility index (Phi) is 5.42. The molecule has 0 aliphatic carbocycles. The van der Waals surface area contributed by atoms with Gasteiger partial charge in [0.1, 0.15) is 5.76 Å². The number of carbonyl (C=O) groups excluding carboxylic acids is 1. The highest BCUT2D eigenvalue weighted by atomic mass is 16.3. The van der Waals surface area contributed by atoms with Gasteiger partial charge in [-0.05, 0) is 50.2 Å². The summed E-state index contributed by atoms with van der Waals surface area (Å²) in [5, 5.41) is 3.04. The predicted molar refractivity (Wildman–Crippen MR) is 88.1 cm³/mol. The van der Waals surface area contributed by atoms with Crippen LogP contribution in [0.3, 0.4) is 0 Å². The number of hydrogen-bond donors (Lipinski definition) is 1. The minimum Gasteiger partial charge on any atom is -0.468 e. The number of likely N-dealkylation sites (tertiary alicyclic amines) is 1. The maximum Gasteiger partial charge on any atom is 0.251 e. The molecule has 1 fully saturated rings. The first-order valence-corrected chi connectivity index (χ1v) is 8.30. The van der Waals surface area contributed by atoms with Crippen LogP contribution in [0.25, 0.3) is 0 Å². The van der Waals surface area contributed by atoms with Crippen molar-refractivity contribution in [2.75, 3.05) is 19.6 Å². The van der Waals surface area contributed by atoms with Gasteiger partial charge >= 0.3 is 0 Å². The van der Waals surface area contributed by atoms with Gasteiger partial charge in [0, 0.05) is 24.5 Å². The molecule has 122 valence electrons. The van der Waals surface area contributed by atoms with E-state index in [-0.39, 0.29) is 11.9 Å². The van der Waals surface area contributed by atoms with Gasteiger partial charge in [-0.15, -0.1) is 0 Å². The van der Waals surface area contributed by atoms with E-state index in [2.05, 4.69) is 15.2 Å². The number of carbonyl (C=O) groups is 1. The Hall–Kier alpha value is -2.14. The molecule has 0 saturated carbocycles. The largest absolute Gasteiger partial charge is 0.468 e. The lowest BCUT2D eigenvalue weighted by Crippen LogP contribution is -2.38. The fourth-order valence-corrected chi connectivity index (χ4v) is 3.09. The molecule has 1 atom stereocenters. The van der Waals surface area contributed by atoms with Crippen molar-refractivity contribution in [2.45, 2.75) is 31.7 Å². The standard InChI is InChI=1S/C18H23N3O2/c22-18(15-7-9-19-10-8-15)20-14-16(17-6-5-13-23-17)21-11-3-1-2-4-12-21/h5-10,13,16H,1-4,11-12,14H2,(H,20,22). The van der Waals surface area contributed by atoms with E-state index in [0.29, 0.717) is 12.1 Å². The summed E-state index contributed by atoms with van der Waals surface area (Å²) in [5.41, 5.74) is 0.633. The van der Waals surface area contributed by atoms with Crippen LogP contribution in [0.1, 0.15) is 47.8 Å². The number of pyridine rings is 1. The Balaban J connectivity index is 1.67.